The number of benzene rings is 1. The predicted molar refractivity (Wildman–Crippen MR) is 82.4 cm³/mol. The molecular formula is C15H16N2O2S. The highest BCUT2D eigenvalue weighted by molar-refractivity contribution is 7.14. The highest BCUT2D eigenvalue weighted by Gasteiger charge is 2.08. The summed E-state index contributed by atoms with van der Waals surface area (Å²) in [5, 5.41) is 5.58. The van der Waals surface area contributed by atoms with E-state index < -0.39 is 0 Å². The first-order valence-electron chi connectivity index (χ1n) is 6.36. The van der Waals surface area contributed by atoms with Crippen LogP contribution in [0.25, 0.3) is 0 Å². The zero-order valence-corrected chi connectivity index (χ0v) is 12.2. The van der Waals surface area contributed by atoms with Crippen LogP contribution in [0, 0.1) is 6.92 Å². The molecule has 0 saturated carbocycles. The average molecular weight is 288 g/mol. The van der Waals surface area contributed by atoms with E-state index in [4.69, 9.17) is 0 Å². The van der Waals surface area contributed by atoms with Gasteiger partial charge in [-0.3, -0.25) is 9.59 Å². The monoisotopic (exact) mass is 288 g/mol. The molecule has 2 amide bonds. The van der Waals surface area contributed by atoms with Crippen molar-refractivity contribution in [3.8, 4) is 0 Å². The van der Waals surface area contributed by atoms with Crippen LogP contribution in [0.4, 0.5) is 11.4 Å². The van der Waals surface area contributed by atoms with Crippen LogP contribution >= 0.6 is 11.3 Å². The van der Waals surface area contributed by atoms with E-state index in [1.54, 1.807) is 37.3 Å². The molecule has 0 saturated heterocycles. The second kappa shape index (κ2) is 6.34. The Bertz CT molecular complexity index is 634. The van der Waals surface area contributed by atoms with Gasteiger partial charge in [-0.25, -0.2) is 0 Å². The third-order valence-electron chi connectivity index (χ3n) is 2.69. The van der Waals surface area contributed by atoms with Crippen molar-refractivity contribution >= 4 is 34.5 Å². The molecule has 0 aliphatic rings. The van der Waals surface area contributed by atoms with Crippen LogP contribution in [-0.2, 0) is 4.79 Å². The van der Waals surface area contributed by atoms with Gasteiger partial charge in [0.25, 0.3) is 5.91 Å². The van der Waals surface area contributed by atoms with E-state index >= 15 is 0 Å². The summed E-state index contributed by atoms with van der Waals surface area (Å²) in [7, 11) is 0. The van der Waals surface area contributed by atoms with E-state index in [1.165, 1.54) is 11.3 Å². The summed E-state index contributed by atoms with van der Waals surface area (Å²) < 4.78 is 0. The van der Waals surface area contributed by atoms with Crippen LogP contribution in [0.5, 0.6) is 0 Å². The molecule has 0 radical (unpaired) electrons. The summed E-state index contributed by atoms with van der Waals surface area (Å²) in [4.78, 5) is 25.1. The second-order valence-electron chi connectivity index (χ2n) is 4.35. The smallest absolute Gasteiger partial charge is 0.265 e. The predicted octanol–water partition coefficient (Wildman–Crippen LogP) is 3.66. The van der Waals surface area contributed by atoms with Gasteiger partial charge in [-0.05, 0) is 37.3 Å². The Morgan fingerprint density at radius 3 is 2.40 bits per heavy atom. The summed E-state index contributed by atoms with van der Waals surface area (Å²) in [5.41, 5.74) is 1.34. The number of carbonyl (C=O) groups is 2. The number of hydrogen-bond donors (Lipinski definition) is 2. The zero-order chi connectivity index (χ0) is 14.5. The van der Waals surface area contributed by atoms with Gasteiger partial charge in [0.15, 0.2) is 0 Å². The van der Waals surface area contributed by atoms with Crippen LogP contribution in [-0.4, -0.2) is 11.8 Å². The van der Waals surface area contributed by atoms with Crippen molar-refractivity contribution in [2.45, 2.75) is 20.3 Å². The molecule has 0 bridgehead atoms. The lowest BCUT2D eigenvalue weighted by Gasteiger charge is -2.07. The van der Waals surface area contributed by atoms with E-state index in [2.05, 4.69) is 10.6 Å². The minimum absolute atomic E-state index is 0.0534. The average Bonchev–Trinajstić information content (AvgIpc) is 2.86. The van der Waals surface area contributed by atoms with Gasteiger partial charge in [0, 0.05) is 22.7 Å². The molecule has 2 N–H and O–H groups in total. The molecule has 1 aromatic carbocycles. The maximum absolute atomic E-state index is 12.0. The molecule has 0 atom stereocenters. The molecule has 2 rings (SSSR count). The molecule has 0 spiro atoms. The summed E-state index contributed by atoms with van der Waals surface area (Å²) in [6.07, 6.45) is 0.422. The maximum atomic E-state index is 12.0. The van der Waals surface area contributed by atoms with Gasteiger partial charge in [0.2, 0.25) is 5.91 Å². The molecule has 20 heavy (non-hydrogen) atoms. The largest absolute Gasteiger partial charge is 0.326 e. The number of aryl methyl sites for hydroxylation is 1. The summed E-state index contributed by atoms with van der Waals surface area (Å²) >= 11 is 1.45. The van der Waals surface area contributed by atoms with E-state index in [-0.39, 0.29) is 11.8 Å². The van der Waals surface area contributed by atoms with Gasteiger partial charge in [-0.15, -0.1) is 11.3 Å². The highest BCUT2D eigenvalue weighted by atomic mass is 32.1. The van der Waals surface area contributed by atoms with Gasteiger partial charge in [-0.1, -0.05) is 13.0 Å². The highest BCUT2D eigenvalue weighted by Crippen LogP contribution is 2.19. The maximum Gasteiger partial charge on any atom is 0.265 e. The van der Waals surface area contributed by atoms with Gasteiger partial charge in [-0.2, -0.15) is 0 Å². The number of nitrogens with one attached hydrogen (secondary N) is 2. The number of hydrogen-bond acceptors (Lipinski definition) is 3. The minimum Gasteiger partial charge on any atom is -0.326 e. The van der Waals surface area contributed by atoms with Crippen LogP contribution < -0.4 is 10.6 Å². The minimum atomic E-state index is -0.137. The van der Waals surface area contributed by atoms with Crippen molar-refractivity contribution in [1.82, 2.24) is 0 Å². The van der Waals surface area contributed by atoms with Gasteiger partial charge in [0.1, 0.15) is 0 Å². The first kappa shape index (κ1) is 14.3. The first-order valence-corrected chi connectivity index (χ1v) is 7.18. The van der Waals surface area contributed by atoms with Gasteiger partial charge >= 0.3 is 0 Å². The Balaban J connectivity index is 2.08. The Morgan fingerprint density at radius 1 is 1.10 bits per heavy atom. The first-order chi connectivity index (χ1) is 9.58. The van der Waals surface area contributed by atoms with E-state index in [9.17, 15) is 9.59 Å². The number of thiophene rings is 1. The number of amides is 2. The van der Waals surface area contributed by atoms with Crippen molar-refractivity contribution in [1.29, 1.82) is 0 Å². The van der Waals surface area contributed by atoms with Crippen LogP contribution in [0.1, 0.15) is 27.9 Å². The molecule has 4 nitrogen and oxygen atoms in total. The fourth-order valence-corrected chi connectivity index (χ4v) is 2.44. The summed E-state index contributed by atoms with van der Waals surface area (Å²) in [5.74, 6) is -0.190. The Morgan fingerprint density at radius 2 is 1.80 bits per heavy atom. The van der Waals surface area contributed by atoms with E-state index in [0.717, 1.165) is 4.88 Å². The standard InChI is InChI=1S/C15H16N2O2S/c1-3-14(18)16-11-5-4-6-12(9-11)17-15(19)13-8-7-10(2)20-13/h4-9H,3H2,1-2H3,(H,16,18)(H,17,19). The molecule has 1 aromatic heterocycles. The number of anilines is 2. The van der Waals surface area contributed by atoms with Crippen LogP contribution in [0.3, 0.4) is 0 Å². The Labute approximate surface area is 121 Å². The van der Waals surface area contributed by atoms with Crippen molar-refractivity contribution < 1.29 is 9.59 Å². The van der Waals surface area contributed by atoms with Crippen molar-refractivity contribution in [3.05, 3.63) is 46.2 Å². The third-order valence-corrected chi connectivity index (χ3v) is 3.69. The summed E-state index contributed by atoms with van der Waals surface area (Å²) in [6.45, 7) is 3.75. The topological polar surface area (TPSA) is 58.2 Å². The van der Waals surface area contributed by atoms with Crippen LogP contribution in [0.15, 0.2) is 36.4 Å². The zero-order valence-electron chi connectivity index (χ0n) is 11.4. The SMILES string of the molecule is CCC(=O)Nc1cccc(NC(=O)c2ccc(C)s2)c1. The molecule has 0 aliphatic carbocycles. The van der Waals surface area contributed by atoms with Crippen LogP contribution in [0.2, 0.25) is 0 Å². The molecule has 0 fully saturated rings. The molecule has 1 heterocycles. The Kier molecular flexibility index (Phi) is 4.53. The van der Waals surface area contributed by atoms with Crippen molar-refractivity contribution in [2.75, 3.05) is 10.6 Å². The quantitative estimate of drug-likeness (QED) is 0.902. The molecule has 5 heteroatoms. The third kappa shape index (κ3) is 3.68. The molecule has 0 unspecified atom stereocenters. The van der Waals surface area contributed by atoms with Crippen molar-refractivity contribution in [2.24, 2.45) is 0 Å². The van der Waals surface area contributed by atoms with Gasteiger partial charge in [0.05, 0.1) is 4.88 Å². The molecule has 2 aromatic rings. The molecule has 104 valence electrons. The Hall–Kier alpha value is -2.14. The lowest BCUT2D eigenvalue weighted by Crippen LogP contribution is -2.12. The lowest BCUT2D eigenvalue weighted by molar-refractivity contribution is -0.115. The molecule has 0 aliphatic heterocycles. The number of rotatable bonds is 4. The van der Waals surface area contributed by atoms with Gasteiger partial charge < -0.3 is 10.6 Å². The summed E-state index contributed by atoms with van der Waals surface area (Å²) in [6, 6.07) is 10.8. The lowest BCUT2D eigenvalue weighted by atomic mass is 10.2. The fourth-order valence-electron chi connectivity index (χ4n) is 1.67. The van der Waals surface area contributed by atoms with Crippen molar-refractivity contribution in [3.63, 3.8) is 0 Å². The van der Waals surface area contributed by atoms with E-state index in [0.29, 0.717) is 22.7 Å². The normalized spacial score (nSPS) is 10.1. The second-order valence-corrected chi connectivity index (χ2v) is 5.63. The van der Waals surface area contributed by atoms with E-state index in [1.807, 2.05) is 13.0 Å². The fraction of sp³-hybridized carbons (Fsp3) is 0.200. The molecular weight excluding hydrogens is 272 g/mol. The number of carbonyl (C=O) groups excluding carboxylic acids is 2.